The van der Waals surface area contributed by atoms with Gasteiger partial charge in [-0.15, -0.1) is 0 Å². The van der Waals surface area contributed by atoms with Gasteiger partial charge in [-0.05, 0) is 43.0 Å². The van der Waals surface area contributed by atoms with Crippen molar-refractivity contribution in [3.8, 4) is 0 Å². The number of aromatic nitrogens is 1. The van der Waals surface area contributed by atoms with E-state index in [2.05, 4.69) is 31.0 Å². The van der Waals surface area contributed by atoms with Crippen molar-refractivity contribution in [3.63, 3.8) is 0 Å². The van der Waals surface area contributed by atoms with E-state index in [1.165, 1.54) is 17.2 Å². The van der Waals surface area contributed by atoms with Crippen molar-refractivity contribution in [1.29, 1.82) is 0 Å². The van der Waals surface area contributed by atoms with Crippen LogP contribution in [-0.2, 0) is 17.8 Å². The fraction of sp³-hybridized carbons (Fsp3) is 0.381. The van der Waals surface area contributed by atoms with Crippen molar-refractivity contribution < 1.29 is 9.59 Å². The number of amides is 2. The first-order valence-electron chi connectivity index (χ1n) is 9.24. The number of nitrogens with one attached hydrogen (secondary N) is 1. The van der Waals surface area contributed by atoms with Gasteiger partial charge in [0.1, 0.15) is 6.54 Å². The molecule has 142 valence electrons. The summed E-state index contributed by atoms with van der Waals surface area (Å²) in [6, 6.07) is 9.11. The van der Waals surface area contributed by atoms with E-state index in [0.29, 0.717) is 37.3 Å². The summed E-state index contributed by atoms with van der Waals surface area (Å²) in [7, 11) is 0. The van der Waals surface area contributed by atoms with E-state index in [-0.39, 0.29) is 23.9 Å². The summed E-state index contributed by atoms with van der Waals surface area (Å²) in [5.74, 6) is -0.266. The molecule has 0 saturated carbocycles. The Morgan fingerprint density at radius 1 is 1.07 bits per heavy atom. The van der Waals surface area contributed by atoms with Crippen LogP contribution in [0.3, 0.4) is 0 Å². The third-order valence-corrected chi connectivity index (χ3v) is 5.14. The molecule has 1 fully saturated rings. The Bertz CT molecular complexity index is 933. The number of benzene rings is 1. The van der Waals surface area contributed by atoms with Gasteiger partial charge in [0.05, 0.1) is 5.56 Å². The highest BCUT2D eigenvalue weighted by molar-refractivity contribution is 5.97. The van der Waals surface area contributed by atoms with Gasteiger partial charge in [0.25, 0.3) is 5.91 Å². The number of aromatic amines is 1. The van der Waals surface area contributed by atoms with Gasteiger partial charge in [-0.2, -0.15) is 0 Å². The highest BCUT2D eigenvalue weighted by atomic mass is 16.2. The fourth-order valence-corrected chi connectivity index (χ4v) is 3.34. The van der Waals surface area contributed by atoms with Gasteiger partial charge in [0, 0.05) is 31.4 Å². The number of rotatable bonds is 4. The number of piperazine rings is 1. The van der Waals surface area contributed by atoms with E-state index in [9.17, 15) is 14.4 Å². The summed E-state index contributed by atoms with van der Waals surface area (Å²) >= 11 is 0. The third kappa shape index (κ3) is 4.10. The highest BCUT2D eigenvalue weighted by Crippen LogP contribution is 2.16. The molecular weight excluding hydrogens is 342 g/mol. The Labute approximate surface area is 158 Å². The van der Waals surface area contributed by atoms with Crippen LogP contribution < -0.4 is 5.56 Å². The minimum absolute atomic E-state index is 0.0599. The number of carbonyl (C=O) groups is 2. The van der Waals surface area contributed by atoms with Gasteiger partial charge in [0.2, 0.25) is 11.5 Å². The molecule has 0 spiro atoms. The average molecular weight is 367 g/mol. The molecule has 0 unspecified atom stereocenters. The molecule has 0 bridgehead atoms. The minimum Gasteiger partial charge on any atom is -0.335 e. The maximum Gasteiger partial charge on any atom is 0.256 e. The standard InChI is InChI=1S/C21H25N3O3/c1-4-18-17(7-8-19(25)22-18)21(27)24-10-9-23(20(26)13-24)12-16-6-5-14(2)15(3)11-16/h5-8,11H,4,9-10,12-13H2,1-3H3,(H,22,25). The molecule has 3 rings (SSSR count). The minimum atomic E-state index is -0.224. The predicted octanol–water partition coefficient (Wildman–Crippen LogP) is 2.04. The predicted molar refractivity (Wildman–Crippen MR) is 104 cm³/mol. The summed E-state index contributed by atoms with van der Waals surface area (Å²) in [5.41, 5.74) is 4.38. The third-order valence-electron chi connectivity index (χ3n) is 5.14. The lowest BCUT2D eigenvalue weighted by Crippen LogP contribution is -2.52. The lowest BCUT2D eigenvalue weighted by atomic mass is 10.1. The number of H-pyrrole nitrogens is 1. The Morgan fingerprint density at radius 3 is 2.52 bits per heavy atom. The zero-order valence-electron chi connectivity index (χ0n) is 16.0. The lowest BCUT2D eigenvalue weighted by molar-refractivity contribution is -0.135. The monoisotopic (exact) mass is 367 g/mol. The van der Waals surface area contributed by atoms with Crippen molar-refractivity contribution in [2.24, 2.45) is 0 Å². The second-order valence-electron chi connectivity index (χ2n) is 7.03. The van der Waals surface area contributed by atoms with Crippen LogP contribution >= 0.6 is 0 Å². The van der Waals surface area contributed by atoms with Crippen LogP contribution in [0.2, 0.25) is 0 Å². The van der Waals surface area contributed by atoms with E-state index < -0.39 is 0 Å². The maximum absolute atomic E-state index is 12.8. The Kier molecular flexibility index (Phi) is 5.44. The number of aryl methyl sites for hydroxylation is 3. The molecule has 2 aromatic rings. The van der Waals surface area contributed by atoms with Crippen LogP contribution in [0.1, 0.15) is 39.7 Å². The maximum atomic E-state index is 12.8. The number of hydrogen-bond acceptors (Lipinski definition) is 3. The summed E-state index contributed by atoms with van der Waals surface area (Å²) in [6.07, 6.45) is 0.553. The molecule has 6 heteroatoms. The average Bonchev–Trinajstić information content (AvgIpc) is 2.65. The zero-order chi connectivity index (χ0) is 19.6. The van der Waals surface area contributed by atoms with Crippen LogP contribution in [0.15, 0.2) is 35.1 Å². The quantitative estimate of drug-likeness (QED) is 0.899. The van der Waals surface area contributed by atoms with E-state index in [1.54, 1.807) is 15.9 Å². The first kappa shape index (κ1) is 18.9. The van der Waals surface area contributed by atoms with Crippen LogP contribution in [-0.4, -0.2) is 46.2 Å². The van der Waals surface area contributed by atoms with Crippen LogP contribution in [0.4, 0.5) is 0 Å². The van der Waals surface area contributed by atoms with Crippen molar-refractivity contribution in [2.75, 3.05) is 19.6 Å². The number of hydrogen-bond donors (Lipinski definition) is 1. The number of carbonyl (C=O) groups excluding carboxylic acids is 2. The van der Waals surface area contributed by atoms with Crippen molar-refractivity contribution >= 4 is 11.8 Å². The Balaban J connectivity index is 1.69. The molecule has 1 N–H and O–H groups in total. The molecule has 1 aromatic heterocycles. The van der Waals surface area contributed by atoms with E-state index in [4.69, 9.17) is 0 Å². The fourth-order valence-electron chi connectivity index (χ4n) is 3.34. The number of pyridine rings is 1. The molecule has 1 saturated heterocycles. The van der Waals surface area contributed by atoms with Gasteiger partial charge >= 0.3 is 0 Å². The highest BCUT2D eigenvalue weighted by Gasteiger charge is 2.28. The summed E-state index contributed by atoms with van der Waals surface area (Å²) < 4.78 is 0. The molecule has 6 nitrogen and oxygen atoms in total. The van der Waals surface area contributed by atoms with E-state index in [1.807, 2.05) is 13.0 Å². The number of nitrogens with zero attached hydrogens (tertiary/aromatic N) is 2. The summed E-state index contributed by atoms with van der Waals surface area (Å²) in [4.78, 5) is 42.9. The molecule has 1 aliphatic heterocycles. The smallest absolute Gasteiger partial charge is 0.256 e. The van der Waals surface area contributed by atoms with Crippen molar-refractivity contribution in [3.05, 3.63) is 68.6 Å². The van der Waals surface area contributed by atoms with Crippen LogP contribution in [0.25, 0.3) is 0 Å². The van der Waals surface area contributed by atoms with Gasteiger partial charge in [0.15, 0.2) is 0 Å². The molecule has 1 aromatic carbocycles. The molecular formula is C21H25N3O3. The van der Waals surface area contributed by atoms with Gasteiger partial charge in [-0.3, -0.25) is 14.4 Å². The van der Waals surface area contributed by atoms with E-state index >= 15 is 0 Å². The topological polar surface area (TPSA) is 73.5 Å². The second kappa shape index (κ2) is 7.78. The summed E-state index contributed by atoms with van der Waals surface area (Å²) in [6.45, 7) is 7.62. The molecule has 1 aliphatic rings. The van der Waals surface area contributed by atoms with Gasteiger partial charge in [-0.25, -0.2) is 0 Å². The summed E-state index contributed by atoms with van der Waals surface area (Å²) in [5, 5.41) is 0. The lowest BCUT2D eigenvalue weighted by Gasteiger charge is -2.34. The first-order valence-corrected chi connectivity index (χ1v) is 9.24. The normalized spacial score (nSPS) is 14.6. The molecule has 0 aliphatic carbocycles. The molecule has 2 heterocycles. The molecule has 2 amide bonds. The Morgan fingerprint density at radius 2 is 1.85 bits per heavy atom. The first-order chi connectivity index (χ1) is 12.9. The Hall–Kier alpha value is -2.89. The van der Waals surface area contributed by atoms with E-state index in [0.717, 1.165) is 5.56 Å². The second-order valence-corrected chi connectivity index (χ2v) is 7.03. The van der Waals surface area contributed by atoms with Crippen molar-refractivity contribution in [2.45, 2.75) is 33.7 Å². The van der Waals surface area contributed by atoms with Gasteiger partial charge in [-0.1, -0.05) is 25.1 Å². The van der Waals surface area contributed by atoms with Gasteiger partial charge < -0.3 is 14.8 Å². The SMILES string of the molecule is CCc1[nH]c(=O)ccc1C(=O)N1CCN(Cc2ccc(C)c(C)c2)C(=O)C1. The molecule has 27 heavy (non-hydrogen) atoms. The van der Waals surface area contributed by atoms with Crippen LogP contribution in [0.5, 0.6) is 0 Å². The van der Waals surface area contributed by atoms with Crippen LogP contribution in [0, 0.1) is 13.8 Å². The molecule has 0 radical (unpaired) electrons. The van der Waals surface area contributed by atoms with Crippen molar-refractivity contribution in [1.82, 2.24) is 14.8 Å². The molecule has 0 atom stereocenters. The largest absolute Gasteiger partial charge is 0.335 e. The zero-order valence-corrected chi connectivity index (χ0v) is 16.0.